The lowest BCUT2D eigenvalue weighted by Crippen LogP contribution is -2.08. The minimum Gasteiger partial charge on any atom is -0.496 e. The molecule has 2 nitrogen and oxygen atoms in total. The van der Waals surface area contributed by atoms with Crippen molar-refractivity contribution < 1.29 is 4.74 Å². The largest absolute Gasteiger partial charge is 0.496 e. The number of rotatable bonds is 4. The topological polar surface area (TPSA) is 35.2 Å². The number of methoxy groups -OCH3 is 1. The van der Waals surface area contributed by atoms with Crippen LogP contribution in [0.2, 0.25) is 5.02 Å². The van der Waals surface area contributed by atoms with Gasteiger partial charge in [0, 0.05) is 16.1 Å². The minimum atomic E-state index is 0.399. The summed E-state index contributed by atoms with van der Waals surface area (Å²) in [5.74, 6) is 1.31. The van der Waals surface area contributed by atoms with Gasteiger partial charge in [-0.15, -0.1) is 0 Å². The summed E-state index contributed by atoms with van der Waals surface area (Å²) < 4.78 is 5.48. The lowest BCUT2D eigenvalue weighted by Gasteiger charge is -2.20. The summed E-state index contributed by atoms with van der Waals surface area (Å²) in [6, 6.07) is 2.00. The molecule has 0 heterocycles. The fraction of sp³-hybridized carbons (Fsp3) is 0.538. The Morgan fingerprint density at radius 3 is 2.56 bits per heavy atom. The summed E-state index contributed by atoms with van der Waals surface area (Å²) in [5, 5.41) is 0.762. The first-order valence-corrected chi connectivity index (χ1v) is 5.94. The van der Waals surface area contributed by atoms with Gasteiger partial charge >= 0.3 is 0 Å². The quantitative estimate of drug-likeness (QED) is 0.877. The van der Waals surface area contributed by atoms with Crippen molar-refractivity contribution in [3.05, 3.63) is 27.8 Å². The highest BCUT2D eigenvalue weighted by molar-refractivity contribution is 6.31. The molecule has 16 heavy (non-hydrogen) atoms. The predicted molar refractivity (Wildman–Crippen MR) is 69.6 cm³/mol. The zero-order chi connectivity index (χ0) is 12.3. The van der Waals surface area contributed by atoms with E-state index in [1.807, 2.05) is 13.0 Å². The summed E-state index contributed by atoms with van der Waals surface area (Å²) in [4.78, 5) is 0. The summed E-state index contributed by atoms with van der Waals surface area (Å²) in [6.07, 6.45) is 0.957. The molecular formula is C13H20ClNO. The fourth-order valence-corrected chi connectivity index (χ4v) is 2.38. The van der Waals surface area contributed by atoms with Gasteiger partial charge in [-0.3, -0.25) is 0 Å². The van der Waals surface area contributed by atoms with Crippen LogP contribution in [0.25, 0.3) is 0 Å². The van der Waals surface area contributed by atoms with Crippen LogP contribution < -0.4 is 10.5 Å². The number of nitrogens with two attached hydrogens (primary N) is 1. The Bertz CT molecular complexity index is 377. The van der Waals surface area contributed by atoms with Gasteiger partial charge in [0.1, 0.15) is 5.75 Å². The highest BCUT2D eigenvalue weighted by Gasteiger charge is 2.17. The van der Waals surface area contributed by atoms with Crippen LogP contribution in [0.5, 0.6) is 5.75 Å². The molecule has 90 valence electrons. The molecule has 1 aromatic carbocycles. The molecular weight excluding hydrogens is 222 g/mol. The van der Waals surface area contributed by atoms with Crippen molar-refractivity contribution in [2.45, 2.75) is 33.1 Å². The third-order valence-electron chi connectivity index (χ3n) is 3.01. The van der Waals surface area contributed by atoms with Gasteiger partial charge in [0.05, 0.1) is 7.11 Å². The maximum Gasteiger partial charge on any atom is 0.126 e. The summed E-state index contributed by atoms with van der Waals surface area (Å²) in [6.45, 7) is 6.91. The standard InChI is InChI=1S/C13H20ClNO/c1-8(5-6-15)12-9(2)7-11(14)10(3)13(12)16-4/h7-8H,5-6,15H2,1-4H3. The van der Waals surface area contributed by atoms with E-state index < -0.39 is 0 Å². The van der Waals surface area contributed by atoms with Crippen molar-refractivity contribution >= 4 is 11.6 Å². The van der Waals surface area contributed by atoms with Crippen LogP contribution >= 0.6 is 11.6 Å². The first-order valence-electron chi connectivity index (χ1n) is 5.56. The molecule has 3 heteroatoms. The fourth-order valence-electron chi connectivity index (χ4n) is 2.14. The van der Waals surface area contributed by atoms with Crippen molar-refractivity contribution in [3.8, 4) is 5.75 Å². The maximum absolute atomic E-state index is 6.15. The Morgan fingerprint density at radius 2 is 2.06 bits per heavy atom. The highest BCUT2D eigenvalue weighted by atomic mass is 35.5. The van der Waals surface area contributed by atoms with E-state index in [0.717, 1.165) is 22.8 Å². The molecule has 0 radical (unpaired) electrons. The van der Waals surface area contributed by atoms with E-state index in [1.165, 1.54) is 11.1 Å². The zero-order valence-corrected chi connectivity index (χ0v) is 11.2. The molecule has 1 aromatic rings. The monoisotopic (exact) mass is 241 g/mol. The van der Waals surface area contributed by atoms with E-state index in [1.54, 1.807) is 7.11 Å². The Labute approximate surface area is 103 Å². The number of hydrogen-bond donors (Lipinski definition) is 1. The molecule has 1 unspecified atom stereocenters. The van der Waals surface area contributed by atoms with Gasteiger partial charge in [-0.05, 0) is 44.4 Å². The molecule has 0 bridgehead atoms. The molecule has 0 aromatic heterocycles. The van der Waals surface area contributed by atoms with E-state index in [4.69, 9.17) is 22.1 Å². The summed E-state index contributed by atoms with van der Waals surface area (Å²) in [5.41, 5.74) is 9.02. The molecule has 0 aliphatic carbocycles. The lowest BCUT2D eigenvalue weighted by molar-refractivity contribution is 0.402. The molecule has 0 spiro atoms. The molecule has 2 N–H and O–H groups in total. The summed E-state index contributed by atoms with van der Waals surface area (Å²) >= 11 is 6.15. The van der Waals surface area contributed by atoms with Crippen LogP contribution in [-0.4, -0.2) is 13.7 Å². The third-order valence-corrected chi connectivity index (χ3v) is 3.40. The SMILES string of the molecule is COc1c(C)c(Cl)cc(C)c1C(C)CCN. The van der Waals surface area contributed by atoms with Crippen molar-refractivity contribution in [2.75, 3.05) is 13.7 Å². The Morgan fingerprint density at radius 1 is 1.44 bits per heavy atom. The first-order chi connectivity index (χ1) is 7.52. The first kappa shape index (κ1) is 13.3. The molecule has 1 atom stereocenters. The second-order valence-corrected chi connectivity index (χ2v) is 4.63. The average Bonchev–Trinajstić information content (AvgIpc) is 2.23. The predicted octanol–water partition coefficient (Wildman–Crippen LogP) is 3.42. The molecule has 0 aliphatic heterocycles. The third kappa shape index (κ3) is 2.50. The average molecular weight is 242 g/mol. The van der Waals surface area contributed by atoms with E-state index in [-0.39, 0.29) is 0 Å². The number of benzene rings is 1. The second-order valence-electron chi connectivity index (χ2n) is 4.23. The van der Waals surface area contributed by atoms with Gasteiger partial charge in [0.25, 0.3) is 0 Å². The van der Waals surface area contributed by atoms with Crippen LogP contribution in [0, 0.1) is 13.8 Å². The molecule has 1 rings (SSSR count). The molecule has 0 fully saturated rings. The maximum atomic E-state index is 6.15. The van der Waals surface area contributed by atoms with Crippen LogP contribution in [0.3, 0.4) is 0 Å². The normalized spacial score (nSPS) is 12.6. The van der Waals surface area contributed by atoms with E-state index in [9.17, 15) is 0 Å². The van der Waals surface area contributed by atoms with Crippen LogP contribution in [0.15, 0.2) is 6.07 Å². The van der Waals surface area contributed by atoms with E-state index in [2.05, 4.69) is 13.8 Å². The number of hydrogen-bond acceptors (Lipinski definition) is 2. The molecule has 0 aliphatic rings. The molecule has 0 saturated carbocycles. The Kier molecular flexibility index (Phi) is 4.63. The minimum absolute atomic E-state index is 0.399. The number of aryl methyl sites for hydroxylation is 1. The van der Waals surface area contributed by atoms with Gasteiger partial charge in [0.15, 0.2) is 0 Å². The van der Waals surface area contributed by atoms with Gasteiger partial charge in [-0.25, -0.2) is 0 Å². The second kappa shape index (κ2) is 5.55. The molecule has 0 amide bonds. The number of ether oxygens (including phenoxy) is 1. The molecule has 0 saturated heterocycles. The van der Waals surface area contributed by atoms with Crippen molar-refractivity contribution in [2.24, 2.45) is 5.73 Å². The number of halogens is 1. The Balaban J connectivity index is 3.30. The van der Waals surface area contributed by atoms with Crippen LogP contribution in [-0.2, 0) is 0 Å². The smallest absolute Gasteiger partial charge is 0.126 e. The van der Waals surface area contributed by atoms with Crippen molar-refractivity contribution in [3.63, 3.8) is 0 Å². The van der Waals surface area contributed by atoms with Crippen molar-refractivity contribution in [1.82, 2.24) is 0 Å². The van der Waals surface area contributed by atoms with Crippen molar-refractivity contribution in [1.29, 1.82) is 0 Å². The van der Waals surface area contributed by atoms with Gasteiger partial charge in [-0.2, -0.15) is 0 Å². The van der Waals surface area contributed by atoms with E-state index >= 15 is 0 Å². The summed E-state index contributed by atoms with van der Waals surface area (Å²) in [7, 11) is 1.69. The van der Waals surface area contributed by atoms with Gasteiger partial charge < -0.3 is 10.5 Å². The Hall–Kier alpha value is -0.730. The highest BCUT2D eigenvalue weighted by Crippen LogP contribution is 2.37. The van der Waals surface area contributed by atoms with Crippen LogP contribution in [0.4, 0.5) is 0 Å². The van der Waals surface area contributed by atoms with E-state index in [0.29, 0.717) is 12.5 Å². The van der Waals surface area contributed by atoms with Gasteiger partial charge in [-0.1, -0.05) is 18.5 Å². The zero-order valence-electron chi connectivity index (χ0n) is 10.4. The van der Waals surface area contributed by atoms with Crippen LogP contribution in [0.1, 0.15) is 36.0 Å². The lowest BCUT2D eigenvalue weighted by atomic mass is 9.91. The van der Waals surface area contributed by atoms with Gasteiger partial charge in [0.2, 0.25) is 0 Å².